The van der Waals surface area contributed by atoms with Crippen molar-refractivity contribution in [2.45, 2.75) is 79.1 Å². The van der Waals surface area contributed by atoms with Crippen LogP contribution in [0.3, 0.4) is 0 Å². The van der Waals surface area contributed by atoms with Gasteiger partial charge in [-0.3, -0.25) is 0 Å². The normalized spacial score (nSPS) is 37.4. The van der Waals surface area contributed by atoms with Crippen LogP contribution in [0, 0.1) is 29.1 Å². The molecule has 0 saturated heterocycles. The highest BCUT2D eigenvalue weighted by atomic mass is 79.9. The molecular formula is C19H33Br. The summed E-state index contributed by atoms with van der Waals surface area (Å²) in [6, 6.07) is 0. The zero-order chi connectivity index (χ0) is 14.8. The van der Waals surface area contributed by atoms with Crippen molar-refractivity contribution in [2.75, 3.05) is 0 Å². The van der Waals surface area contributed by atoms with Gasteiger partial charge in [0.2, 0.25) is 0 Å². The molecule has 0 bridgehead atoms. The molecule has 0 heterocycles. The molecule has 2 saturated carbocycles. The van der Waals surface area contributed by atoms with Gasteiger partial charge in [0.25, 0.3) is 0 Å². The largest absolute Gasteiger partial charge is 0.0628 e. The first-order valence-electron chi connectivity index (χ1n) is 8.78. The van der Waals surface area contributed by atoms with E-state index in [0.717, 1.165) is 23.7 Å². The van der Waals surface area contributed by atoms with Crippen LogP contribution in [0.4, 0.5) is 0 Å². The maximum atomic E-state index is 3.62. The summed E-state index contributed by atoms with van der Waals surface area (Å²) < 4.78 is 0. The van der Waals surface area contributed by atoms with Crippen LogP contribution in [0.1, 0.15) is 79.1 Å². The Balaban J connectivity index is 1.99. The Morgan fingerprint density at radius 2 is 2.00 bits per heavy atom. The van der Waals surface area contributed by atoms with E-state index >= 15 is 0 Å². The highest BCUT2D eigenvalue weighted by Gasteiger charge is 2.50. The molecule has 0 N–H and O–H groups in total. The lowest BCUT2D eigenvalue weighted by atomic mass is 9.61. The van der Waals surface area contributed by atoms with E-state index in [1.807, 2.05) is 0 Å². The summed E-state index contributed by atoms with van der Waals surface area (Å²) in [5, 5.41) is 0. The molecule has 4 atom stereocenters. The number of halogens is 1. The number of hydrogen-bond acceptors (Lipinski definition) is 0. The van der Waals surface area contributed by atoms with E-state index in [-0.39, 0.29) is 0 Å². The number of fused-ring (bicyclic) bond motifs is 1. The Kier molecular flexibility index (Phi) is 5.79. The predicted molar refractivity (Wildman–Crippen MR) is 93.0 cm³/mol. The van der Waals surface area contributed by atoms with E-state index in [2.05, 4.69) is 48.6 Å². The third-order valence-corrected chi connectivity index (χ3v) is 6.89. The van der Waals surface area contributed by atoms with Gasteiger partial charge < -0.3 is 0 Å². The standard InChI is InChI=1S/C19H33Br/c1-14(2)7-5-8-15(3)17-10-11-18-16(13-20)9-6-12-19(17,18)4/h13-15,17-18H,5-12H2,1-4H3/b16-13-/t15-,17-,18+,19-/m1/s1. The molecule has 2 aliphatic rings. The van der Waals surface area contributed by atoms with Crippen molar-refractivity contribution in [3.05, 3.63) is 10.6 Å². The lowest BCUT2D eigenvalue weighted by molar-refractivity contribution is 0.0931. The maximum absolute atomic E-state index is 3.62. The van der Waals surface area contributed by atoms with Crippen LogP contribution in [-0.4, -0.2) is 0 Å². The summed E-state index contributed by atoms with van der Waals surface area (Å²) in [5.74, 6) is 3.61. The van der Waals surface area contributed by atoms with Crippen LogP contribution < -0.4 is 0 Å². The second kappa shape index (κ2) is 6.99. The average molecular weight is 341 g/mol. The van der Waals surface area contributed by atoms with Gasteiger partial charge in [0.1, 0.15) is 0 Å². The monoisotopic (exact) mass is 340 g/mol. The molecule has 2 fully saturated rings. The van der Waals surface area contributed by atoms with Gasteiger partial charge in [-0.1, -0.05) is 68.5 Å². The summed E-state index contributed by atoms with van der Waals surface area (Å²) in [4.78, 5) is 2.25. The molecule has 0 aromatic heterocycles. The van der Waals surface area contributed by atoms with Crippen LogP contribution in [0.2, 0.25) is 0 Å². The highest BCUT2D eigenvalue weighted by Crippen LogP contribution is 2.59. The van der Waals surface area contributed by atoms with Crippen molar-refractivity contribution in [1.29, 1.82) is 0 Å². The molecule has 0 spiro atoms. The topological polar surface area (TPSA) is 0 Å². The summed E-state index contributed by atoms with van der Waals surface area (Å²) in [7, 11) is 0. The number of allylic oxidation sites excluding steroid dienone is 1. The van der Waals surface area contributed by atoms with Crippen LogP contribution >= 0.6 is 15.9 Å². The van der Waals surface area contributed by atoms with E-state index in [1.165, 1.54) is 51.4 Å². The quantitative estimate of drug-likeness (QED) is 0.508. The Bertz CT molecular complexity index is 344. The SMILES string of the molecule is CC(C)CCC[C@@H](C)[C@H]1CC[C@H]2/C(=C\Br)CCC[C@]12C. The van der Waals surface area contributed by atoms with Gasteiger partial charge in [-0.15, -0.1) is 0 Å². The molecule has 0 nitrogen and oxygen atoms in total. The lowest BCUT2D eigenvalue weighted by Crippen LogP contribution is -2.35. The van der Waals surface area contributed by atoms with Crippen molar-refractivity contribution in [2.24, 2.45) is 29.1 Å². The van der Waals surface area contributed by atoms with E-state index in [0.29, 0.717) is 5.41 Å². The van der Waals surface area contributed by atoms with Gasteiger partial charge in [0.15, 0.2) is 0 Å². The lowest BCUT2D eigenvalue weighted by Gasteiger charge is -2.44. The maximum Gasteiger partial charge on any atom is -0.0138 e. The van der Waals surface area contributed by atoms with Crippen molar-refractivity contribution < 1.29 is 0 Å². The fraction of sp³-hybridized carbons (Fsp3) is 0.895. The number of hydrogen-bond donors (Lipinski definition) is 0. The molecular weight excluding hydrogens is 308 g/mol. The zero-order valence-corrected chi connectivity index (χ0v) is 15.5. The Morgan fingerprint density at radius 3 is 2.65 bits per heavy atom. The molecule has 0 unspecified atom stereocenters. The smallest absolute Gasteiger partial charge is 0.0138 e. The molecule has 0 aromatic carbocycles. The van der Waals surface area contributed by atoms with E-state index in [9.17, 15) is 0 Å². The molecule has 1 heteroatoms. The molecule has 0 amide bonds. The minimum absolute atomic E-state index is 0.592. The first-order valence-corrected chi connectivity index (χ1v) is 9.69. The second-order valence-electron chi connectivity index (χ2n) is 8.08. The van der Waals surface area contributed by atoms with Gasteiger partial charge in [-0.2, -0.15) is 0 Å². The molecule has 0 aromatic rings. The molecule has 0 aliphatic heterocycles. The van der Waals surface area contributed by atoms with Crippen LogP contribution in [0.15, 0.2) is 10.6 Å². The summed E-state index contributed by atoms with van der Waals surface area (Å²) in [6.07, 6.45) is 11.4. The van der Waals surface area contributed by atoms with Gasteiger partial charge >= 0.3 is 0 Å². The van der Waals surface area contributed by atoms with Crippen molar-refractivity contribution in [3.8, 4) is 0 Å². The minimum atomic E-state index is 0.592. The first kappa shape index (κ1) is 16.6. The minimum Gasteiger partial charge on any atom is -0.0628 e. The predicted octanol–water partition coefficient (Wildman–Crippen LogP) is 6.94. The third-order valence-electron chi connectivity index (χ3n) is 6.31. The van der Waals surface area contributed by atoms with Gasteiger partial charge in [-0.25, -0.2) is 0 Å². The average Bonchev–Trinajstić information content (AvgIpc) is 2.75. The molecule has 2 rings (SSSR count). The van der Waals surface area contributed by atoms with E-state index < -0.39 is 0 Å². The van der Waals surface area contributed by atoms with Crippen molar-refractivity contribution in [1.82, 2.24) is 0 Å². The molecule has 116 valence electrons. The van der Waals surface area contributed by atoms with E-state index in [1.54, 1.807) is 5.57 Å². The number of rotatable bonds is 5. The molecule has 0 radical (unpaired) electrons. The van der Waals surface area contributed by atoms with Gasteiger partial charge in [0.05, 0.1) is 0 Å². The second-order valence-corrected chi connectivity index (χ2v) is 8.54. The van der Waals surface area contributed by atoms with Crippen LogP contribution in [0.25, 0.3) is 0 Å². The molecule has 20 heavy (non-hydrogen) atoms. The first-order chi connectivity index (χ1) is 9.49. The highest BCUT2D eigenvalue weighted by molar-refractivity contribution is 9.11. The molecule has 2 aliphatic carbocycles. The fourth-order valence-electron chi connectivity index (χ4n) is 5.19. The summed E-state index contributed by atoms with van der Waals surface area (Å²) >= 11 is 3.62. The van der Waals surface area contributed by atoms with E-state index in [4.69, 9.17) is 0 Å². The Hall–Kier alpha value is 0.220. The zero-order valence-electron chi connectivity index (χ0n) is 13.9. The fourth-order valence-corrected chi connectivity index (χ4v) is 5.74. The van der Waals surface area contributed by atoms with Crippen LogP contribution in [0.5, 0.6) is 0 Å². The Labute approximate surface area is 134 Å². The van der Waals surface area contributed by atoms with Crippen molar-refractivity contribution >= 4 is 15.9 Å². The Morgan fingerprint density at radius 1 is 1.25 bits per heavy atom. The third kappa shape index (κ3) is 3.34. The van der Waals surface area contributed by atoms with Gasteiger partial charge in [0, 0.05) is 0 Å². The van der Waals surface area contributed by atoms with Crippen LogP contribution in [-0.2, 0) is 0 Å². The summed E-state index contributed by atoms with van der Waals surface area (Å²) in [6.45, 7) is 9.84. The van der Waals surface area contributed by atoms with Crippen molar-refractivity contribution in [3.63, 3.8) is 0 Å². The summed E-state index contributed by atoms with van der Waals surface area (Å²) in [5.41, 5.74) is 2.30. The van der Waals surface area contributed by atoms with Gasteiger partial charge in [-0.05, 0) is 66.2 Å².